The van der Waals surface area contributed by atoms with E-state index in [1.807, 2.05) is 0 Å². The average Bonchev–Trinajstić information content (AvgIpc) is 3.28. The quantitative estimate of drug-likeness (QED) is 0.671. The highest BCUT2D eigenvalue weighted by Gasteiger charge is 2.28. The van der Waals surface area contributed by atoms with Crippen molar-refractivity contribution in [2.24, 2.45) is 0 Å². The summed E-state index contributed by atoms with van der Waals surface area (Å²) in [5.74, 6) is -2.97. The number of halogens is 2. The van der Waals surface area contributed by atoms with Gasteiger partial charge in [-0.05, 0) is 37.1 Å². The maximum atomic E-state index is 12.6. The van der Waals surface area contributed by atoms with E-state index in [1.165, 1.54) is 16.4 Å². The lowest BCUT2D eigenvalue weighted by Crippen LogP contribution is -2.27. The molecule has 27 heavy (non-hydrogen) atoms. The molecule has 1 amide bonds. The van der Waals surface area contributed by atoms with Crippen molar-refractivity contribution < 1.29 is 22.0 Å². The summed E-state index contributed by atoms with van der Waals surface area (Å²) in [4.78, 5) is 13.2. The predicted octanol–water partition coefficient (Wildman–Crippen LogP) is 4.03. The highest BCUT2D eigenvalue weighted by Crippen LogP contribution is 2.32. The Balaban J connectivity index is 1.67. The fraction of sp³-hybridized carbons (Fsp3) is 0.353. The number of alkyl halides is 2. The van der Waals surface area contributed by atoms with Crippen LogP contribution in [-0.4, -0.2) is 37.5 Å². The van der Waals surface area contributed by atoms with E-state index in [9.17, 15) is 22.0 Å². The van der Waals surface area contributed by atoms with Crippen LogP contribution in [0.3, 0.4) is 0 Å². The molecule has 1 aliphatic rings. The molecule has 0 radical (unpaired) electrons. The number of para-hydroxylation sites is 1. The van der Waals surface area contributed by atoms with Gasteiger partial charge < -0.3 is 5.32 Å². The number of nitrogens with one attached hydrogen (secondary N) is 1. The van der Waals surface area contributed by atoms with E-state index in [0.717, 1.165) is 24.2 Å². The van der Waals surface area contributed by atoms with Gasteiger partial charge >= 0.3 is 0 Å². The van der Waals surface area contributed by atoms with Crippen LogP contribution < -0.4 is 5.32 Å². The van der Waals surface area contributed by atoms with Gasteiger partial charge in [-0.15, -0.1) is 11.3 Å². The van der Waals surface area contributed by atoms with Crippen molar-refractivity contribution in [3.05, 3.63) is 41.3 Å². The molecule has 0 aliphatic carbocycles. The van der Waals surface area contributed by atoms with E-state index >= 15 is 0 Å². The molecular formula is C17H18F2N2O3S3. The number of rotatable bonds is 7. The van der Waals surface area contributed by atoms with Gasteiger partial charge in [-0.1, -0.05) is 23.9 Å². The molecule has 0 bridgehead atoms. The molecule has 0 spiro atoms. The van der Waals surface area contributed by atoms with E-state index in [2.05, 4.69) is 5.32 Å². The Hall–Kier alpha value is -1.49. The van der Waals surface area contributed by atoms with E-state index in [4.69, 9.17) is 0 Å². The second-order valence-corrected chi connectivity index (χ2v) is 10.3. The van der Waals surface area contributed by atoms with Crippen LogP contribution in [0.2, 0.25) is 0 Å². The van der Waals surface area contributed by atoms with E-state index in [0.29, 0.717) is 35.4 Å². The third-order valence-electron chi connectivity index (χ3n) is 4.01. The Morgan fingerprint density at radius 2 is 1.89 bits per heavy atom. The van der Waals surface area contributed by atoms with Gasteiger partial charge in [-0.3, -0.25) is 4.79 Å². The number of carbonyl (C=O) groups is 1. The molecule has 2 aromatic rings. The number of thioether (sulfide) groups is 1. The first-order valence-electron chi connectivity index (χ1n) is 8.29. The number of nitrogens with zero attached hydrogens (tertiary/aromatic N) is 1. The van der Waals surface area contributed by atoms with Crippen LogP contribution in [0.5, 0.6) is 0 Å². The summed E-state index contributed by atoms with van der Waals surface area (Å²) in [7, 11) is -3.50. The molecule has 0 unspecified atom stereocenters. The lowest BCUT2D eigenvalue weighted by molar-refractivity contribution is -0.115. The van der Waals surface area contributed by atoms with Crippen LogP contribution in [0.1, 0.15) is 17.7 Å². The van der Waals surface area contributed by atoms with Gasteiger partial charge in [0.2, 0.25) is 5.91 Å². The van der Waals surface area contributed by atoms with Crippen LogP contribution in [0.25, 0.3) is 0 Å². The molecule has 1 N–H and O–H groups in total. The molecule has 1 fully saturated rings. The van der Waals surface area contributed by atoms with E-state index < -0.39 is 15.8 Å². The topological polar surface area (TPSA) is 66.5 Å². The summed E-state index contributed by atoms with van der Waals surface area (Å²) in [6, 6.07) is 9.47. The fourth-order valence-electron chi connectivity index (χ4n) is 2.77. The molecule has 5 nitrogen and oxygen atoms in total. The number of hydrogen-bond donors (Lipinski definition) is 1. The Morgan fingerprint density at radius 3 is 2.59 bits per heavy atom. The summed E-state index contributed by atoms with van der Waals surface area (Å²) < 4.78 is 52.0. The maximum Gasteiger partial charge on any atom is 0.288 e. The fourth-order valence-corrected chi connectivity index (χ4v) is 6.39. The molecule has 10 heteroatoms. The average molecular weight is 433 g/mol. The first-order chi connectivity index (χ1) is 12.9. The first kappa shape index (κ1) is 20.2. The van der Waals surface area contributed by atoms with Crippen LogP contribution in [0, 0.1) is 0 Å². The maximum absolute atomic E-state index is 12.6. The molecule has 1 aliphatic heterocycles. The van der Waals surface area contributed by atoms with Gasteiger partial charge in [0.25, 0.3) is 15.8 Å². The lowest BCUT2D eigenvalue weighted by atomic mass is 10.3. The molecule has 146 valence electrons. The third-order valence-corrected chi connectivity index (χ3v) is 8.25. The summed E-state index contributed by atoms with van der Waals surface area (Å²) in [6.07, 6.45) is 1.69. The molecule has 2 heterocycles. The van der Waals surface area contributed by atoms with Crippen molar-refractivity contribution >= 4 is 44.7 Å². The second-order valence-electron chi connectivity index (χ2n) is 5.93. The highest BCUT2D eigenvalue weighted by atomic mass is 32.2. The zero-order chi connectivity index (χ0) is 19.4. The third kappa shape index (κ3) is 5.07. The SMILES string of the molecule is O=C(Cc1ccc(S(=O)(=O)N2CCCC2)s1)Nc1ccccc1SC(F)F. The van der Waals surface area contributed by atoms with Gasteiger partial charge in [-0.2, -0.15) is 13.1 Å². The second kappa shape index (κ2) is 8.68. The van der Waals surface area contributed by atoms with Crippen LogP contribution in [0.15, 0.2) is 45.5 Å². The summed E-state index contributed by atoms with van der Waals surface area (Å²) >= 11 is 1.43. The van der Waals surface area contributed by atoms with E-state index in [1.54, 1.807) is 24.3 Å². The van der Waals surface area contributed by atoms with Crippen molar-refractivity contribution in [2.75, 3.05) is 18.4 Å². The summed E-state index contributed by atoms with van der Waals surface area (Å²) in [5, 5.41) is 2.62. The standard InChI is InChI=1S/C17H18F2N2O3S3/c18-17(19)26-14-6-2-1-5-13(14)20-15(22)11-12-7-8-16(25-12)27(23,24)21-9-3-4-10-21/h1-2,5-8,17H,3-4,9-11H2,(H,20,22). The van der Waals surface area contributed by atoms with Gasteiger partial charge in [0.05, 0.1) is 12.1 Å². The molecule has 1 aromatic heterocycles. The minimum absolute atomic E-state index is 0.0200. The molecule has 1 aromatic carbocycles. The van der Waals surface area contributed by atoms with E-state index in [-0.39, 0.29) is 21.4 Å². The molecule has 1 saturated heterocycles. The number of thiophene rings is 1. The van der Waals surface area contributed by atoms with Crippen molar-refractivity contribution in [3.8, 4) is 0 Å². The Kier molecular flexibility index (Phi) is 6.51. The number of benzene rings is 1. The predicted molar refractivity (Wildman–Crippen MR) is 103 cm³/mol. The molecule has 3 rings (SSSR count). The normalized spacial score (nSPS) is 15.4. The van der Waals surface area contributed by atoms with Crippen molar-refractivity contribution in [1.29, 1.82) is 0 Å². The lowest BCUT2D eigenvalue weighted by Gasteiger charge is -2.13. The molecule has 0 saturated carbocycles. The van der Waals surface area contributed by atoms with Crippen molar-refractivity contribution in [2.45, 2.75) is 34.1 Å². The van der Waals surface area contributed by atoms with Gasteiger partial charge in [0.15, 0.2) is 0 Å². The smallest absolute Gasteiger partial charge is 0.288 e. The largest absolute Gasteiger partial charge is 0.325 e. The van der Waals surface area contributed by atoms with Crippen LogP contribution in [0.4, 0.5) is 14.5 Å². The number of anilines is 1. The van der Waals surface area contributed by atoms with Crippen molar-refractivity contribution in [1.82, 2.24) is 4.31 Å². The molecule has 0 atom stereocenters. The van der Waals surface area contributed by atoms with Gasteiger partial charge in [0.1, 0.15) is 4.21 Å². The Bertz CT molecular complexity index is 910. The number of amides is 1. The van der Waals surface area contributed by atoms with Crippen LogP contribution in [-0.2, 0) is 21.2 Å². The minimum atomic E-state index is -3.50. The zero-order valence-corrected chi connectivity index (χ0v) is 16.7. The number of sulfonamides is 1. The highest BCUT2D eigenvalue weighted by molar-refractivity contribution is 7.99. The van der Waals surface area contributed by atoms with Crippen molar-refractivity contribution in [3.63, 3.8) is 0 Å². The van der Waals surface area contributed by atoms with Gasteiger partial charge in [-0.25, -0.2) is 8.42 Å². The zero-order valence-electron chi connectivity index (χ0n) is 14.2. The summed E-state index contributed by atoms with van der Waals surface area (Å²) in [5.41, 5.74) is 0.314. The molecular weight excluding hydrogens is 414 g/mol. The van der Waals surface area contributed by atoms with Crippen LogP contribution >= 0.6 is 23.1 Å². The Morgan fingerprint density at radius 1 is 1.19 bits per heavy atom. The number of hydrogen-bond acceptors (Lipinski definition) is 5. The first-order valence-corrected chi connectivity index (χ1v) is 11.4. The number of carbonyl (C=O) groups excluding carboxylic acids is 1. The monoisotopic (exact) mass is 432 g/mol. The van der Waals surface area contributed by atoms with Gasteiger partial charge in [0, 0.05) is 22.9 Å². The summed E-state index contributed by atoms with van der Waals surface area (Å²) in [6.45, 7) is 1.04. The minimum Gasteiger partial charge on any atom is -0.325 e. The Labute approximate surface area is 164 Å².